The zero-order chi connectivity index (χ0) is 16.2. The Morgan fingerprint density at radius 1 is 1.17 bits per heavy atom. The Morgan fingerprint density at radius 3 is 2.57 bits per heavy atom. The van der Waals surface area contributed by atoms with E-state index in [2.05, 4.69) is 31.9 Å². The number of hydrogen-bond donors (Lipinski definition) is 3. The minimum atomic E-state index is -0.416. The molecule has 7 heteroatoms. The normalized spacial score (nSPS) is 22.2. The standard InChI is InChI=1S/C16H21BrN4O2/c17-11-1-3-12(4-2-11)19-16(23)20-14-7-10-21(15(14)22)13-5-8-18-9-6-13/h1-4,13-14,18H,5-10H2,(H2,19,20,23). The fourth-order valence-electron chi connectivity index (χ4n) is 3.18. The highest BCUT2D eigenvalue weighted by Crippen LogP contribution is 2.20. The third-order valence-corrected chi connectivity index (χ3v) is 4.93. The molecule has 2 saturated heterocycles. The van der Waals surface area contributed by atoms with Gasteiger partial charge < -0.3 is 20.9 Å². The van der Waals surface area contributed by atoms with Crippen molar-refractivity contribution in [3.63, 3.8) is 0 Å². The first kappa shape index (κ1) is 16.3. The van der Waals surface area contributed by atoms with E-state index >= 15 is 0 Å². The number of benzene rings is 1. The molecule has 0 bridgehead atoms. The second-order valence-corrected chi connectivity index (χ2v) is 6.88. The highest BCUT2D eigenvalue weighted by molar-refractivity contribution is 9.10. The van der Waals surface area contributed by atoms with Gasteiger partial charge in [0.1, 0.15) is 6.04 Å². The van der Waals surface area contributed by atoms with Crippen LogP contribution in [0.3, 0.4) is 0 Å². The quantitative estimate of drug-likeness (QED) is 0.749. The largest absolute Gasteiger partial charge is 0.338 e. The van der Waals surface area contributed by atoms with Crippen molar-refractivity contribution in [2.75, 3.05) is 25.0 Å². The van der Waals surface area contributed by atoms with Crippen LogP contribution >= 0.6 is 15.9 Å². The van der Waals surface area contributed by atoms with Gasteiger partial charge in [-0.3, -0.25) is 4.79 Å². The molecule has 0 aromatic heterocycles. The molecule has 0 aliphatic carbocycles. The zero-order valence-electron chi connectivity index (χ0n) is 12.8. The molecule has 2 aliphatic rings. The lowest BCUT2D eigenvalue weighted by molar-refractivity contribution is -0.131. The van der Waals surface area contributed by atoms with Crippen LogP contribution in [-0.4, -0.2) is 48.6 Å². The number of likely N-dealkylation sites (tertiary alicyclic amines) is 1. The second kappa shape index (κ2) is 7.31. The van der Waals surface area contributed by atoms with Crippen LogP contribution in [0.15, 0.2) is 28.7 Å². The SMILES string of the molecule is O=C(Nc1ccc(Br)cc1)NC1CCN(C2CCNCC2)C1=O. The molecule has 0 saturated carbocycles. The number of halogens is 1. The molecule has 2 aliphatic heterocycles. The van der Waals surface area contributed by atoms with Gasteiger partial charge in [0, 0.05) is 22.7 Å². The minimum absolute atomic E-state index is 0.0443. The van der Waals surface area contributed by atoms with E-state index in [1.807, 2.05) is 29.2 Å². The number of carbonyl (C=O) groups is 2. The fourth-order valence-corrected chi connectivity index (χ4v) is 3.44. The summed E-state index contributed by atoms with van der Waals surface area (Å²) in [6, 6.07) is 6.89. The second-order valence-electron chi connectivity index (χ2n) is 5.96. The maximum atomic E-state index is 12.5. The van der Waals surface area contributed by atoms with Gasteiger partial charge in [-0.2, -0.15) is 0 Å². The van der Waals surface area contributed by atoms with Gasteiger partial charge in [-0.1, -0.05) is 15.9 Å². The van der Waals surface area contributed by atoms with E-state index in [1.165, 1.54) is 0 Å². The van der Waals surface area contributed by atoms with Crippen molar-refractivity contribution >= 4 is 33.6 Å². The van der Waals surface area contributed by atoms with Crippen molar-refractivity contribution in [3.05, 3.63) is 28.7 Å². The summed E-state index contributed by atoms with van der Waals surface area (Å²) in [7, 11) is 0. The molecule has 3 amide bonds. The van der Waals surface area contributed by atoms with E-state index in [0.717, 1.165) is 36.9 Å². The minimum Gasteiger partial charge on any atom is -0.338 e. The topological polar surface area (TPSA) is 73.5 Å². The van der Waals surface area contributed by atoms with Gasteiger partial charge in [-0.05, 0) is 56.6 Å². The number of carbonyl (C=O) groups excluding carboxylic acids is 2. The molecule has 0 spiro atoms. The number of nitrogens with zero attached hydrogens (tertiary/aromatic N) is 1. The molecule has 2 fully saturated rings. The van der Waals surface area contributed by atoms with Crippen molar-refractivity contribution in [2.45, 2.75) is 31.3 Å². The first-order chi connectivity index (χ1) is 11.1. The van der Waals surface area contributed by atoms with Gasteiger partial charge >= 0.3 is 6.03 Å². The average molecular weight is 381 g/mol. The lowest BCUT2D eigenvalue weighted by Crippen LogP contribution is -2.48. The Balaban J connectivity index is 1.52. The number of hydrogen-bond acceptors (Lipinski definition) is 3. The Bertz CT molecular complexity index is 572. The molecule has 1 atom stereocenters. The van der Waals surface area contributed by atoms with Crippen molar-refractivity contribution in [1.29, 1.82) is 0 Å². The van der Waals surface area contributed by atoms with Crippen LogP contribution in [0.4, 0.5) is 10.5 Å². The molecule has 1 aromatic rings. The molecule has 2 heterocycles. The molecule has 1 aromatic carbocycles. The molecule has 124 valence electrons. The monoisotopic (exact) mass is 380 g/mol. The Morgan fingerprint density at radius 2 is 1.87 bits per heavy atom. The lowest BCUT2D eigenvalue weighted by atomic mass is 10.1. The number of anilines is 1. The summed E-state index contributed by atoms with van der Waals surface area (Å²) in [4.78, 5) is 26.5. The van der Waals surface area contributed by atoms with Crippen molar-refractivity contribution < 1.29 is 9.59 Å². The average Bonchev–Trinajstić information content (AvgIpc) is 2.91. The number of piperidine rings is 1. The maximum Gasteiger partial charge on any atom is 0.319 e. The van der Waals surface area contributed by atoms with E-state index < -0.39 is 6.04 Å². The fraction of sp³-hybridized carbons (Fsp3) is 0.500. The van der Waals surface area contributed by atoms with Crippen LogP contribution in [-0.2, 0) is 4.79 Å². The van der Waals surface area contributed by atoms with E-state index in [4.69, 9.17) is 0 Å². The lowest BCUT2D eigenvalue weighted by Gasteiger charge is -2.31. The summed E-state index contributed by atoms with van der Waals surface area (Å²) in [5.41, 5.74) is 0.700. The van der Waals surface area contributed by atoms with Crippen LogP contribution < -0.4 is 16.0 Å². The Kier molecular flexibility index (Phi) is 5.17. The molecular formula is C16H21BrN4O2. The molecule has 6 nitrogen and oxygen atoms in total. The summed E-state index contributed by atoms with van der Waals surface area (Å²) in [5.74, 6) is 0.0443. The zero-order valence-corrected chi connectivity index (χ0v) is 14.4. The number of rotatable bonds is 3. The highest BCUT2D eigenvalue weighted by atomic mass is 79.9. The smallest absolute Gasteiger partial charge is 0.319 e. The van der Waals surface area contributed by atoms with E-state index in [1.54, 1.807) is 0 Å². The Labute approximate surface area is 144 Å². The molecular weight excluding hydrogens is 360 g/mol. The van der Waals surface area contributed by atoms with E-state index in [0.29, 0.717) is 18.2 Å². The van der Waals surface area contributed by atoms with Crippen LogP contribution in [0.5, 0.6) is 0 Å². The van der Waals surface area contributed by atoms with Crippen LogP contribution in [0.25, 0.3) is 0 Å². The summed E-state index contributed by atoms with van der Waals surface area (Å²) in [5, 5.41) is 8.86. The molecule has 3 rings (SSSR count). The maximum absolute atomic E-state index is 12.5. The van der Waals surface area contributed by atoms with E-state index in [9.17, 15) is 9.59 Å². The molecule has 1 unspecified atom stereocenters. The summed E-state index contributed by atoms with van der Waals surface area (Å²) in [6.45, 7) is 2.64. The van der Waals surface area contributed by atoms with Crippen LogP contribution in [0.1, 0.15) is 19.3 Å². The third kappa shape index (κ3) is 4.03. The van der Waals surface area contributed by atoms with Gasteiger partial charge in [-0.15, -0.1) is 0 Å². The first-order valence-corrected chi connectivity index (χ1v) is 8.77. The van der Waals surface area contributed by atoms with Gasteiger partial charge in [0.2, 0.25) is 5.91 Å². The summed E-state index contributed by atoms with van der Waals surface area (Å²) < 4.78 is 0.951. The van der Waals surface area contributed by atoms with Gasteiger partial charge in [-0.25, -0.2) is 4.79 Å². The first-order valence-electron chi connectivity index (χ1n) is 7.98. The van der Waals surface area contributed by atoms with E-state index in [-0.39, 0.29) is 11.9 Å². The number of urea groups is 1. The van der Waals surface area contributed by atoms with Crippen molar-refractivity contribution in [1.82, 2.24) is 15.5 Å². The van der Waals surface area contributed by atoms with Gasteiger partial charge in [0.05, 0.1) is 0 Å². The molecule has 3 N–H and O–H groups in total. The van der Waals surface area contributed by atoms with Crippen molar-refractivity contribution in [2.24, 2.45) is 0 Å². The molecule has 0 radical (unpaired) electrons. The van der Waals surface area contributed by atoms with Gasteiger partial charge in [0.15, 0.2) is 0 Å². The molecule has 23 heavy (non-hydrogen) atoms. The van der Waals surface area contributed by atoms with Gasteiger partial charge in [0.25, 0.3) is 0 Å². The predicted octanol–water partition coefficient (Wildman–Crippen LogP) is 1.92. The highest BCUT2D eigenvalue weighted by Gasteiger charge is 2.36. The number of amides is 3. The third-order valence-electron chi connectivity index (χ3n) is 4.40. The Hall–Kier alpha value is -1.60. The predicted molar refractivity (Wildman–Crippen MR) is 92.3 cm³/mol. The van der Waals surface area contributed by atoms with Crippen LogP contribution in [0, 0.1) is 0 Å². The summed E-state index contributed by atoms with van der Waals surface area (Å²) >= 11 is 3.35. The number of nitrogens with one attached hydrogen (secondary N) is 3. The van der Waals surface area contributed by atoms with Crippen molar-refractivity contribution in [3.8, 4) is 0 Å². The summed E-state index contributed by atoms with van der Waals surface area (Å²) in [6.07, 6.45) is 2.66. The van der Waals surface area contributed by atoms with Crippen LogP contribution in [0.2, 0.25) is 0 Å².